The first-order valence-corrected chi connectivity index (χ1v) is 8.04. The number of pyridine rings is 1. The van der Waals surface area contributed by atoms with Crippen LogP contribution in [0.5, 0.6) is 5.75 Å². The van der Waals surface area contributed by atoms with Crippen molar-refractivity contribution in [1.82, 2.24) is 4.98 Å². The summed E-state index contributed by atoms with van der Waals surface area (Å²) in [6, 6.07) is 7.61. The Kier molecular flexibility index (Phi) is 5.43. The highest BCUT2D eigenvalue weighted by atomic mass is 16.5. The number of benzene rings is 1. The molecule has 1 fully saturated rings. The van der Waals surface area contributed by atoms with Crippen molar-refractivity contribution >= 4 is 10.8 Å². The third-order valence-electron chi connectivity index (χ3n) is 4.12. The highest BCUT2D eigenvalue weighted by Gasteiger charge is 2.24. The number of nitrogens with one attached hydrogen (secondary N) is 1. The van der Waals surface area contributed by atoms with Gasteiger partial charge in [0.25, 0.3) is 5.56 Å². The van der Waals surface area contributed by atoms with Crippen molar-refractivity contribution in [1.29, 1.82) is 0 Å². The molecule has 21 heavy (non-hydrogen) atoms. The summed E-state index contributed by atoms with van der Waals surface area (Å²) >= 11 is 0. The van der Waals surface area contributed by atoms with Gasteiger partial charge in [-0.3, -0.25) is 4.79 Å². The quantitative estimate of drug-likeness (QED) is 0.902. The highest BCUT2D eigenvalue weighted by molar-refractivity contribution is 5.82. The Balaban J connectivity index is 0.000000774. The second-order valence-electron chi connectivity index (χ2n) is 5.38. The molecule has 0 bridgehead atoms. The predicted octanol–water partition coefficient (Wildman–Crippen LogP) is 4.51. The number of ether oxygens (including phenoxy) is 1. The van der Waals surface area contributed by atoms with Crippen LogP contribution in [-0.2, 0) is 0 Å². The number of hydrogen-bond donors (Lipinski definition) is 1. The standard InChI is InChI=1S/C16H19NO2.C2H6/c1-2-11-3-4-13(9-11)19-14-5-6-15-12(10-14)7-8-17-16(15)18;1-2/h5-8,10-11,13H,2-4,9H2,1H3,(H,17,18);1-2H3/t11-,13-;/m0./s1. The summed E-state index contributed by atoms with van der Waals surface area (Å²) in [7, 11) is 0. The molecule has 1 aromatic carbocycles. The molecule has 1 aliphatic carbocycles. The number of fused-ring (bicyclic) bond motifs is 1. The van der Waals surface area contributed by atoms with Crippen LogP contribution in [0.15, 0.2) is 35.3 Å². The molecule has 3 heteroatoms. The Labute approximate surface area is 126 Å². The minimum Gasteiger partial charge on any atom is -0.490 e. The lowest BCUT2D eigenvalue weighted by atomic mass is 10.1. The SMILES string of the molecule is CC.CC[C@H]1CC[C@H](Oc2ccc3c(=O)[nH]ccc3c2)C1. The number of aromatic amines is 1. The van der Waals surface area contributed by atoms with E-state index in [0.717, 1.165) is 29.9 Å². The highest BCUT2D eigenvalue weighted by Crippen LogP contribution is 2.31. The van der Waals surface area contributed by atoms with Crippen molar-refractivity contribution in [2.75, 3.05) is 0 Å². The summed E-state index contributed by atoms with van der Waals surface area (Å²) in [6.07, 6.45) is 6.83. The van der Waals surface area contributed by atoms with E-state index in [2.05, 4.69) is 11.9 Å². The zero-order valence-electron chi connectivity index (χ0n) is 13.2. The van der Waals surface area contributed by atoms with Gasteiger partial charge in [0.2, 0.25) is 0 Å². The van der Waals surface area contributed by atoms with Gasteiger partial charge in [0.05, 0.1) is 6.10 Å². The van der Waals surface area contributed by atoms with Crippen LogP contribution in [-0.4, -0.2) is 11.1 Å². The molecular formula is C18H25NO2. The van der Waals surface area contributed by atoms with Crippen LogP contribution in [0.2, 0.25) is 0 Å². The lowest BCUT2D eigenvalue weighted by Crippen LogP contribution is -2.12. The van der Waals surface area contributed by atoms with Crippen LogP contribution in [0.3, 0.4) is 0 Å². The van der Waals surface area contributed by atoms with E-state index >= 15 is 0 Å². The van der Waals surface area contributed by atoms with E-state index in [1.165, 1.54) is 12.8 Å². The average Bonchev–Trinajstić information content (AvgIpc) is 2.97. The van der Waals surface area contributed by atoms with E-state index in [1.807, 2.05) is 38.1 Å². The molecule has 0 unspecified atom stereocenters. The molecule has 0 aliphatic heterocycles. The van der Waals surface area contributed by atoms with E-state index in [1.54, 1.807) is 6.20 Å². The molecule has 0 saturated heterocycles. The summed E-state index contributed by atoms with van der Waals surface area (Å²) in [5.41, 5.74) is -0.0454. The normalized spacial score (nSPS) is 20.9. The maximum Gasteiger partial charge on any atom is 0.255 e. The first-order chi connectivity index (χ1) is 10.3. The Hall–Kier alpha value is -1.77. The molecule has 2 atom stereocenters. The summed E-state index contributed by atoms with van der Waals surface area (Å²) in [5, 5.41) is 1.65. The summed E-state index contributed by atoms with van der Waals surface area (Å²) in [4.78, 5) is 14.3. The topological polar surface area (TPSA) is 42.1 Å². The third kappa shape index (κ3) is 3.66. The summed E-state index contributed by atoms with van der Waals surface area (Å²) < 4.78 is 6.04. The average molecular weight is 287 g/mol. The van der Waals surface area contributed by atoms with Gasteiger partial charge in [0.15, 0.2) is 0 Å². The molecule has 1 aromatic heterocycles. The van der Waals surface area contributed by atoms with Crippen LogP contribution in [0.1, 0.15) is 46.5 Å². The zero-order chi connectivity index (χ0) is 15.2. The van der Waals surface area contributed by atoms with Crippen molar-refractivity contribution in [2.45, 2.75) is 52.6 Å². The lowest BCUT2D eigenvalue weighted by Gasteiger charge is -2.14. The monoisotopic (exact) mass is 287 g/mol. The van der Waals surface area contributed by atoms with E-state index in [9.17, 15) is 4.79 Å². The molecule has 1 heterocycles. The number of rotatable bonds is 3. The molecule has 1 saturated carbocycles. The third-order valence-corrected chi connectivity index (χ3v) is 4.12. The van der Waals surface area contributed by atoms with Gasteiger partial charge >= 0.3 is 0 Å². The van der Waals surface area contributed by atoms with Crippen LogP contribution >= 0.6 is 0 Å². The Morgan fingerprint density at radius 2 is 2.05 bits per heavy atom. The lowest BCUT2D eigenvalue weighted by molar-refractivity contribution is 0.204. The van der Waals surface area contributed by atoms with Crippen molar-refractivity contribution in [3.8, 4) is 5.75 Å². The van der Waals surface area contributed by atoms with Crippen LogP contribution in [0.4, 0.5) is 0 Å². The molecule has 0 radical (unpaired) electrons. The Morgan fingerprint density at radius 3 is 2.76 bits per heavy atom. The number of H-pyrrole nitrogens is 1. The summed E-state index contributed by atoms with van der Waals surface area (Å²) in [5.74, 6) is 1.69. The molecule has 0 amide bonds. The Bertz CT molecular complexity index is 632. The second-order valence-corrected chi connectivity index (χ2v) is 5.38. The molecule has 1 aliphatic rings. The predicted molar refractivity (Wildman–Crippen MR) is 88.0 cm³/mol. The van der Waals surface area contributed by atoms with Crippen molar-refractivity contribution in [2.24, 2.45) is 5.92 Å². The number of hydrogen-bond acceptors (Lipinski definition) is 2. The van der Waals surface area contributed by atoms with Gasteiger partial charge in [-0.15, -0.1) is 0 Å². The first-order valence-electron chi connectivity index (χ1n) is 8.04. The molecule has 0 spiro atoms. The van der Waals surface area contributed by atoms with E-state index in [0.29, 0.717) is 11.5 Å². The number of aromatic nitrogens is 1. The molecule has 3 rings (SSSR count). The maximum atomic E-state index is 11.6. The van der Waals surface area contributed by atoms with Gasteiger partial charge in [-0.25, -0.2) is 0 Å². The van der Waals surface area contributed by atoms with Gasteiger partial charge in [-0.05, 0) is 54.8 Å². The van der Waals surface area contributed by atoms with Crippen LogP contribution in [0, 0.1) is 5.92 Å². The smallest absolute Gasteiger partial charge is 0.255 e. The Morgan fingerprint density at radius 1 is 1.24 bits per heavy atom. The molecular weight excluding hydrogens is 262 g/mol. The molecule has 2 aromatic rings. The molecule has 114 valence electrons. The van der Waals surface area contributed by atoms with E-state index in [-0.39, 0.29) is 5.56 Å². The van der Waals surface area contributed by atoms with Crippen LogP contribution < -0.4 is 10.3 Å². The maximum absolute atomic E-state index is 11.6. The van der Waals surface area contributed by atoms with Crippen molar-refractivity contribution in [3.05, 3.63) is 40.8 Å². The fourth-order valence-corrected chi connectivity index (χ4v) is 2.94. The van der Waals surface area contributed by atoms with Crippen LogP contribution in [0.25, 0.3) is 10.8 Å². The largest absolute Gasteiger partial charge is 0.490 e. The molecule has 3 nitrogen and oxygen atoms in total. The van der Waals surface area contributed by atoms with Gasteiger partial charge in [-0.1, -0.05) is 27.2 Å². The fraction of sp³-hybridized carbons (Fsp3) is 0.500. The van der Waals surface area contributed by atoms with Gasteiger partial charge in [0.1, 0.15) is 5.75 Å². The first kappa shape index (κ1) is 15.6. The fourth-order valence-electron chi connectivity index (χ4n) is 2.94. The minimum atomic E-state index is -0.0454. The van der Waals surface area contributed by atoms with E-state index in [4.69, 9.17) is 4.74 Å². The van der Waals surface area contributed by atoms with Crippen molar-refractivity contribution < 1.29 is 4.74 Å². The zero-order valence-corrected chi connectivity index (χ0v) is 13.2. The minimum absolute atomic E-state index is 0.0454. The van der Waals surface area contributed by atoms with Gasteiger partial charge in [-0.2, -0.15) is 0 Å². The van der Waals surface area contributed by atoms with E-state index < -0.39 is 0 Å². The van der Waals surface area contributed by atoms with Crippen molar-refractivity contribution in [3.63, 3.8) is 0 Å². The summed E-state index contributed by atoms with van der Waals surface area (Å²) in [6.45, 7) is 6.25. The van der Waals surface area contributed by atoms with Gasteiger partial charge < -0.3 is 9.72 Å². The van der Waals surface area contributed by atoms with Gasteiger partial charge in [0, 0.05) is 11.6 Å². The molecule has 1 N–H and O–H groups in total. The second kappa shape index (κ2) is 7.30.